The van der Waals surface area contributed by atoms with E-state index >= 15 is 0 Å². The van der Waals surface area contributed by atoms with Crippen LogP contribution < -0.4 is 5.01 Å². The zero-order chi connectivity index (χ0) is 12.5. The van der Waals surface area contributed by atoms with Crippen molar-refractivity contribution in [3.05, 3.63) is 30.3 Å². The zero-order valence-electron chi connectivity index (χ0n) is 10.4. The second-order valence-electron chi connectivity index (χ2n) is 4.50. The Bertz CT molecular complexity index is 576. The molecule has 2 aromatic rings. The van der Waals surface area contributed by atoms with E-state index in [0.717, 1.165) is 17.7 Å². The van der Waals surface area contributed by atoms with Crippen LogP contribution in [-0.2, 0) is 0 Å². The molecule has 0 saturated heterocycles. The fraction of sp³-hybridized carbons (Fsp3) is 0.308. The van der Waals surface area contributed by atoms with Gasteiger partial charge in [-0.3, -0.25) is 0 Å². The maximum absolute atomic E-state index is 5.28. The van der Waals surface area contributed by atoms with Gasteiger partial charge in [0.1, 0.15) is 0 Å². The first-order valence-corrected chi connectivity index (χ1v) is 5.96. The highest BCUT2D eigenvalue weighted by molar-refractivity contribution is 5.85. The van der Waals surface area contributed by atoms with Crippen LogP contribution in [0.3, 0.4) is 0 Å². The molecular formula is C13H14N4O. The summed E-state index contributed by atoms with van der Waals surface area (Å²) in [7, 11) is 0. The lowest BCUT2D eigenvalue weighted by Gasteiger charge is -2.13. The molecule has 0 bridgehead atoms. The van der Waals surface area contributed by atoms with Gasteiger partial charge >= 0.3 is 6.01 Å². The van der Waals surface area contributed by atoms with Crippen LogP contribution in [0.15, 0.2) is 40.0 Å². The first kappa shape index (κ1) is 11.0. The minimum atomic E-state index is 0.272. The maximum atomic E-state index is 5.28. The lowest BCUT2D eigenvalue weighted by Crippen LogP contribution is -2.22. The largest absolute Gasteiger partial charge is 0.345 e. The van der Waals surface area contributed by atoms with Crippen molar-refractivity contribution in [2.75, 3.05) is 5.01 Å². The molecule has 0 aliphatic carbocycles. The molecule has 0 N–H and O–H groups in total. The van der Waals surface area contributed by atoms with Crippen LogP contribution in [0.2, 0.25) is 0 Å². The Morgan fingerprint density at radius 3 is 2.72 bits per heavy atom. The molecule has 0 radical (unpaired) electrons. The number of nitrogens with zero attached hydrogens (tertiary/aromatic N) is 4. The van der Waals surface area contributed by atoms with Gasteiger partial charge in [0.2, 0.25) is 5.82 Å². The molecule has 1 aromatic carbocycles. The zero-order valence-corrected chi connectivity index (χ0v) is 10.4. The summed E-state index contributed by atoms with van der Waals surface area (Å²) in [6.45, 7) is 4.09. The Balaban J connectivity index is 1.91. The van der Waals surface area contributed by atoms with Gasteiger partial charge in [-0.05, 0) is 13.8 Å². The van der Waals surface area contributed by atoms with Gasteiger partial charge in [0.05, 0.1) is 6.04 Å². The molecule has 2 heterocycles. The van der Waals surface area contributed by atoms with E-state index in [1.165, 1.54) is 0 Å². The van der Waals surface area contributed by atoms with Crippen LogP contribution in [0.1, 0.15) is 20.3 Å². The minimum Gasteiger partial charge on any atom is -0.313 e. The topological polar surface area (TPSA) is 54.5 Å². The maximum Gasteiger partial charge on any atom is 0.345 e. The molecule has 0 amide bonds. The van der Waals surface area contributed by atoms with Crippen molar-refractivity contribution in [3.8, 4) is 11.4 Å². The predicted octanol–water partition coefficient (Wildman–Crippen LogP) is 2.71. The number of hydrogen-bond acceptors (Lipinski definition) is 5. The molecule has 0 fully saturated rings. The normalized spacial score (nSPS) is 19.1. The van der Waals surface area contributed by atoms with Gasteiger partial charge in [-0.2, -0.15) is 10.1 Å². The third-order valence-electron chi connectivity index (χ3n) is 2.93. The fourth-order valence-electron chi connectivity index (χ4n) is 2.08. The van der Waals surface area contributed by atoms with E-state index in [9.17, 15) is 0 Å². The second kappa shape index (κ2) is 4.25. The van der Waals surface area contributed by atoms with E-state index < -0.39 is 0 Å². The van der Waals surface area contributed by atoms with E-state index in [4.69, 9.17) is 4.52 Å². The number of rotatable bonds is 2. The molecule has 1 unspecified atom stereocenters. The minimum absolute atomic E-state index is 0.272. The summed E-state index contributed by atoms with van der Waals surface area (Å²) >= 11 is 0. The van der Waals surface area contributed by atoms with Crippen LogP contribution in [0, 0.1) is 0 Å². The molecule has 5 nitrogen and oxygen atoms in total. The van der Waals surface area contributed by atoms with E-state index in [1.807, 2.05) is 37.3 Å². The third kappa shape index (κ3) is 1.88. The first-order chi connectivity index (χ1) is 8.74. The summed E-state index contributed by atoms with van der Waals surface area (Å²) in [5.74, 6) is 0.595. The molecule has 18 heavy (non-hydrogen) atoms. The van der Waals surface area contributed by atoms with Crippen molar-refractivity contribution in [3.63, 3.8) is 0 Å². The highest BCUT2D eigenvalue weighted by Crippen LogP contribution is 2.25. The van der Waals surface area contributed by atoms with Gasteiger partial charge in [-0.1, -0.05) is 35.5 Å². The highest BCUT2D eigenvalue weighted by atomic mass is 16.5. The molecule has 1 aliphatic rings. The van der Waals surface area contributed by atoms with Gasteiger partial charge in [0, 0.05) is 17.7 Å². The van der Waals surface area contributed by atoms with Gasteiger partial charge in [-0.15, -0.1) is 0 Å². The molecule has 1 aromatic heterocycles. The molecule has 1 atom stereocenters. The SMILES string of the molecule is CC1=NN(c2nc(-c3ccccc3)no2)C(C)C1. The summed E-state index contributed by atoms with van der Waals surface area (Å²) in [5.41, 5.74) is 2.03. The van der Waals surface area contributed by atoms with Crippen LogP contribution in [-0.4, -0.2) is 21.9 Å². The fourth-order valence-corrected chi connectivity index (χ4v) is 2.08. The van der Waals surface area contributed by atoms with Crippen molar-refractivity contribution in [1.29, 1.82) is 0 Å². The quantitative estimate of drug-likeness (QED) is 0.812. The van der Waals surface area contributed by atoms with Gasteiger partial charge < -0.3 is 4.52 Å². The molecule has 3 rings (SSSR count). The molecule has 1 aliphatic heterocycles. The summed E-state index contributed by atoms with van der Waals surface area (Å²) in [4.78, 5) is 4.39. The number of benzene rings is 1. The highest BCUT2D eigenvalue weighted by Gasteiger charge is 2.26. The molecular weight excluding hydrogens is 228 g/mol. The summed E-state index contributed by atoms with van der Waals surface area (Å²) in [6.07, 6.45) is 0.934. The smallest absolute Gasteiger partial charge is 0.313 e. The van der Waals surface area contributed by atoms with Crippen molar-refractivity contribution in [2.24, 2.45) is 5.10 Å². The molecule has 0 saturated carbocycles. The van der Waals surface area contributed by atoms with Crippen molar-refractivity contribution < 1.29 is 4.52 Å². The standard InChI is InChI=1S/C13H14N4O/c1-9-8-10(2)17(15-9)13-14-12(16-18-13)11-6-4-3-5-7-11/h3-7,10H,8H2,1-2H3. The average molecular weight is 242 g/mol. The Hall–Kier alpha value is -2.17. The summed E-state index contributed by atoms with van der Waals surface area (Å²) in [5, 5.41) is 10.2. The Labute approximate surface area is 105 Å². The summed E-state index contributed by atoms with van der Waals surface area (Å²) < 4.78 is 5.28. The molecule has 0 spiro atoms. The number of hydrogen-bond donors (Lipinski definition) is 0. The average Bonchev–Trinajstić information content (AvgIpc) is 2.97. The van der Waals surface area contributed by atoms with Crippen molar-refractivity contribution in [1.82, 2.24) is 10.1 Å². The second-order valence-corrected chi connectivity index (χ2v) is 4.50. The van der Waals surface area contributed by atoms with E-state index in [-0.39, 0.29) is 6.04 Å². The van der Waals surface area contributed by atoms with Crippen molar-refractivity contribution in [2.45, 2.75) is 26.3 Å². The Morgan fingerprint density at radius 1 is 1.28 bits per heavy atom. The van der Waals surface area contributed by atoms with Crippen LogP contribution in [0.4, 0.5) is 6.01 Å². The predicted molar refractivity (Wildman–Crippen MR) is 69.4 cm³/mol. The van der Waals surface area contributed by atoms with Crippen LogP contribution in [0.25, 0.3) is 11.4 Å². The van der Waals surface area contributed by atoms with E-state index in [1.54, 1.807) is 5.01 Å². The van der Waals surface area contributed by atoms with E-state index in [2.05, 4.69) is 22.2 Å². The van der Waals surface area contributed by atoms with Crippen molar-refractivity contribution >= 4 is 11.7 Å². The lowest BCUT2D eigenvalue weighted by atomic mass is 10.2. The Kier molecular flexibility index (Phi) is 2.59. The monoisotopic (exact) mass is 242 g/mol. The van der Waals surface area contributed by atoms with E-state index in [0.29, 0.717) is 11.8 Å². The van der Waals surface area contributed by atoms with Crippen LogP contribution >= 0.6 is 0 Å². The van der Waals surface area contributed by atoms with Gasteiger partial charge in [-0.25, -0.2) is 5.01 Å². The lowest BCUT2D eigenvalue weighted by molar-refractivity contribution is 0.410. The number of anilines is 1. The molecule has 5 heteroatoms. The number of hydrazone groups is 1. The van der Waals surface area contributed by atoms with Gasteiger partial charge in [0.25, 0.3) is 0 Å². The summed E-state index contributed by atoms with van der Waals surface area (Å²) in [6, 6.07) is 10.5. The molecule has 92 valence electrons. The van der Waals surface area contributed by atoms with Crippen LogP contribution in [0.5, 0.6) is 0 Å². The number of aromatic nitrogens is 2. The third-order valence-corrected chi connectivity index (χ3v) is 2.93. The Morgan fingerprint density at radius 2 is 2.06 bits per heavy atom. The van der Waals surface area contributed by atoms with Gasteiger partial charge in [0.15, 0.2) is 0 Å². The first-order valence-electron chi connectivity index (χ1n) is 5.96.